The van der Waals surface area contributed by atoms with Gasteiger partial charge in [0.1, 0.15) is 6.33 Å². The first-order valence-electron chi connectivity index (χ1n) is 16.0. The summed E-state index contributed by atoms with van der Waals surface area (Å²) in [4.78, 5) is 14.3. The predicted octanol–water partition coefficient (Wildman–Crippen LogP) is 10.7. The van der Waals surface area contributed by atoms with Crippen LogP contribution in [-0.2, 0) is 0 Å². The van der Waals surface area contributed by atoms with Gasteiger partial charge < -0.3 is 4.57 Å². The van der Waals surface area contributed by atoms with Gasteiger partial charge in [0, 0.05) is 21.9 Å². The Morgan fingerprint density at radius 1 is 0.478 bits per heavy atom. The molecule has 0 amide bonds. The Labute approximate surface area is 271 Å². The van der Waals surface area contributed by atoms with Crippen molar-refractivity contribution in [3.63, 3.8) is 0 Å². The zero-order valence-electron chi connectivity index (χ0n) is 28.3. The summed E-state index contributed by atoms with van der Waals surface area (Å²) in [6.45, 7) is 19.6. The molecule has 0 saturated carbocycles. The Hall–Kier alpha value is -5.09. The van der Waals surface area contributed by atoms with Crippen LogP contribution in [-0.4, -0.2) is 19.5 Å². The van der Waals surface area contributed by atoms with E-state index in [-0.39, 0.29) is 0 Å². The minimum Gasteiger partial charge on any atom is -0.309 e. The van der Waals surface area contributed by atoms with Gasteiger partial charge in [-0.3, -0.25) is 0 Å². The van der Waals surface area contributed by atoms with E-state index in [4.69, 9.17) is 4.98 Å². The molecule has 0 N–H and O–H groups in total. The van der Waals surface area contributed by atoms with E-state index in [2.05, 4.69) is 150 Å². The minimum atomic E-state index is 0.691. The molecule has 7 rings (SSSR count). The van der Waals surface area contributed by atoms with Gasteiger partial charge in [0.25, 0.3) is 0 Å². The molecule has 4 nitrogen and oxygen atoms in total. The van der Waals surface area contributed by atoms with Crippen LogP contribution in [0.3, 0.4) is 0 Å². The van der Waals surface area contributed by atoms with Gasteiger partial charge in [0.2, 0.25) is 0 Å². The fraction of sp³-hybridized carbons (Fsp3) is 0.214. The first-order valence-corrected chi connectivity index (χ1v) is 16.0. The summed E-state index contributed by atoms with van der Waals surface area (Å²) in [7, 11) is 0. The van der Waals surface area contributed by atoms with Gasteiger partial charge in [-0.2, -0.15) is 0 Å². The number of aryl methyl sites for hydroxylation is 7. The largest absolute Gasteiger partial charge is 0.309 e. The topological polar surface area (TPSA) is 43.6 Å². The molecular formula is C42H40N4. The lowest BCUT2D eigenvalue weighted by molar-refractivity contribution is 1.05. The lowest BCUT2D eigenvalue weighted by Gasteiger charge is -2.17. The van der Waals surface area contributed by atoms with E-state index in [1.165, 1.54) is 88.7 Å². The van der Waals surface area contributed by atoms with Crippen LogP contribution in [0.15, 0.2) is 79.1 Å². The molecule has 0 radical (unpaired) electrons. The van der Waals surface area contributed by atoms with E-state index < -0.39 is 0 Å². The second-order valence-electron chi connectivity index (χ2n) is 13.1. The first-order chi connectivity index (χ1) is 22.0. The minimum absolute atomic E-state index is 0.691. The molecule has 2 heterocycles. The molecule has 0 bridgehead atoms. The molecule has 2 aromatic heterocycles. The lowest BCUT2D eigenvalue weighted by Crippen LogP contribution is -2.03. The number of benzene rings is 5. The summed E-state index contributed by atoms with van der Waals surface area (Å²) in [5.74, 6) is 1.42. The number of aromatic nitrogens is 4. The van der Waals surface area contributed by atoms with Gasteiger partial charge in [0.05, 0.1) is 16.7 Å². The quantitative estimate of drug-likeness (QED) is 0.202. The maximum Gasteiger partial charge on any atom is 0.163 e. The number of para-hydroxylation sites is 1. The van der Waals surface area contributed by atoms with Gasteiger partial charge in [-0.25, -0.2) is 15.0 Å². The Balaban J connectivity index is 1.38. The van der Waals surface area contributed by atoms with E-state index in [9.17, 15) is 0 Å². The van der Waals surface area contributed by atoms with Crippen molar-refractivity contribution >= 4 is 21.8 Å². The second-order valence-corrected chi connectivity index (χ2v) is 13.1. The number of hydrogen-bond donors (Lipinski definition) is 0. The summed E-state index contributed by atoms with van der Waals surface area (Å²) in [5.41, 5.74) is 19.5. The van der Waals surface area contributed by atoms with Crippen LogP contribution in [0.2, 0.25) is 0 Å². The summed E-state index contributed by atoms with van der Waals surface area (Å²) in [6.07, 6.45) is 1.65. The Kier molecular flexibility index (Phi) is 7.12. The Morgan fingerprint density at radius 3 is 1.76 bits per heavy atom. The van der Waals surface area contributed by atoms with Gasteiger partial charge in [-0.05, 0) is 148 Å². The zero-order chi connectivity index (χ0) is 32.4. The molecular weight excluding hydrogens is 560 g/mol. The third kappa shape index (κ3) is 4.71. The molecule has 4 heteroatoms. The molecule has 5 aromatic carbocycles. The first kappa shape index (κ1) is 29.6. The third-order valence-corrected chi connectivity index (χ3v) is 9.77. The monoisotopic (exact) mass is 600 g/mol. The number of nitrogens with zero attached hydrogens (tertiary/aromatic N) is 4. The van der Waals surface area contributed by atoms with Crippen LogP contribution in [0.1, 0.15) is 50.1 Å². The average Bonchev–Trinajstić information content (AvgIpc) is 3.33. The highest BCUT2D eigenvalue weighted by molar-refractivity contribution is 6.10. The van der Waals surface area contributed by atoms with Gasteiger partial charge in [-0.1, -0.05) is 48.0 Å². The predicted molar refractivity (Wildman–Crippen MR) is 193 cm³/mol. The SMILES string of the molecule is Cc1cc(C)c(-c2ccc3c(c2)c2ccccc2n3-c2c(C)cc(-c3ncnc(-c4c(C)c(C)cc(C)c4C)n3)cc2C)c(C)c1. The summed E-state index contributed by atoms with van der Waals surface area (Å²) in [5, 5.41) is 2.52. The van der Waals surface area contributed by atoms with Crippen molar-refractivity contribution in [1.29, 1.82) is 0 Å². The van der Waals surface area contributed by atoms with Gasteiger partial charge in [0.15, 0.2) is 11.6 Å². The molecule has 46 heavy (non-hydrogen) atoms. The maximum absolute atomic E-state index is 5.02. The highest BCUT2D eigenvalue weighted by atomic mass is 15.0. The number of rotatable bonds is 4. The molecule has 0 aliphatic rings. The van der Waals surface area contributed by atoms with Crippen LogP contribution in [0.5, 0.6) is 0 Å². The highest BCUT2D eigenvalue weighted by Gasteiger charge is 2.19. The lowest BCUT2D eigenvalue weighted by atomic mass is 9.93. The second kappa shape index (κ2) is 11.1. The Morgan fingerprint density at radius 2 is 1.09 bits per heavy atom. The van der Waals surface area contributed by atoms with Crippen molar-refractivity contribution < 1.29 is 0 Å². The average molecular weight is 601 g/mol. The van der Waals surface area contributed by atoms with Crippen LogP contribution < -0.4 is 0 Å². The van der Waals surface area contributed by atoms with Gasteiger partial charge >= 0.3 is 0 Å². The van der Waals surface area contributed by atoms with E-state index in [0.717, 1.165) is 17.0 Å². The van der Waals surface area contributed by atoms with Crippen molar-refractivity contribution in [3.8, 4) is 39.6 Å². The zero-order valence-corrected chi connectivity index (χ0v) is 28.3. The molecule has 0 atom stereocenters. The van der Waals surface area contributed by atoms with Gasteiger partial charge in [-0.15, -0.1) is 0 Å². The standard InChI is InChI=1S/C42H40N4/c1-23-16-26(4)38(27(5)17-23)32-14-15-37-35(21-32)34-12-10-11-13-36(34)46(37)40-28(6)19-33(20-29(40)7)41-43-22-44-42(45-41)39-30(8)24(2)18-25(3)31(39)9/h10-22H,1-9H3. The van der Waals surface area contributed by atoms with Crippen molar-refractivity contribution in [2.75, 3.05) is 0 Å². The van der Waals surface area contributed by atoms with Crippen molar-refractivity contribution in [3.05, 3.63) is 129 Å². The third-order valence-electron chi connectivity index (χ3n) is 9.77. The molecule has 0 aliphatic carbocycles. The van der Waals surface area contributed by atoms with E-state index in [1.54, 1.807) is 6.33 Å². The van der Waals surface area contributed by atoms with Crippen LogP contribution in [0, 0.1) is 62.3 Å². The molecule has 0 aliphatic heterocycles. The summed E-state index contributed by atoms with van der Waals surface area (Å²) >= 11 is 0. The summed E-state index contributed by atoms with van der Waals surface area (Å²) < 4.78 is 2.43. The van der Waals surface area contributed by atoms with E-state index in [0.29, 0.717) is 5.82 Å². The van der Waals surface area contributed by atoms with Crippen LogP contribution in [0.4, 0.5) is 0 Å². The Bertz CT molecular complexity index is 2280. The molecule has 0 fully saturated rings. The smallest absolute Gasteiger partial charge is 0.163 e. The van der Waals surface area contributed by atoms with Crippen LogP contribution >= 0.6 is 0 Å². The fourth-order valence-electron chi connectivity index (χ4n) is 7.55. The van der Waals surface area contributed by atoms with Crippen molar-refractivity contribution in [2.24, 2.45) is 0 Å². The highest BCUT2D eigenvalue weighted by Crippen LogP contribution is 2.39. The normalized spacial score (nSPS) is 11.6. The van der Waals surface area contributed by atoms with Crippen LogP contribution in [0.25, 0.3) is 61.4 Å². The number of fused-ring (bicyclic) bond motifs is 3. The van der Waals surface area contributed by atoms with Crippen molar-refractivity contribution in [2.45, 2.75) is 62.3 Å². The molecule has 0 saturated heterocycles. The fourth-order valence-corrected chi connectivity index (χ4v) is 7.55. The molecule has 0 spiro atoms. The molecule has 228 valence electrons. The number of hydrogen-bond acceptors (Lipinski definition) is 3. The molecule has 7 aromatic rings. The maximum atomic E-state index is 5.02. The summed E-state index contributed by atoms with van der Waals surface area (Å²) in [6, 6.07) is 26.9. The van der Waals surface area contributed by atoms with E-state index >= 15 is 0 Å². The van der Waals surface area contributed by atoms with Crippen molar-refractivity contribution in [1.82, 2.24) is 19.5 Å². The molecule has 0 unspecified atom stereocenters. The van der Waals surface area contributed by atoms with E-state index in [1.807, 2.05) is 0 Å².